The van der Waals surface area contributed by atoms with Crippen LogP contribution in [0.4, 0.5) is 0 Å². The van der Waals surface area contributed by atoms with Gasteiger partial charge in [-0.25, -0.2) is 0 Å². The van der Waals surface area contributed by atoms with E-state index < -0.39 is 0 Å². The highest BCUT2D eigenvalue weighted by Crippen LogP contribution is 2.11. The van der Waals surface area contributed by atoms with E-state index in [2.05, 4.69) is 71.3 Å². The highest BCUT2D eigenvalue weighted by Gasteiger charge is 2.16. The Morgan fingerprint density at radius 1 is 1.24 bits per heavy atom. The summed E-state index contributed by atoms with van der Waals surface area (Å²) in [5.74, 6) is 0. The van der Waals surface area contributed by atoms with Crippen LogP contribution < -0.4 is 5.32 Å². The van der Waals surface area contributed by atoms with Crippen molar-refractivity contribution in [3.63, 3.8) is 0 Å². The molecule has 0 unspecified atom stereocenters. The second-order valence-corrected chi connectivity index (χ2v) is 6.16. The molecule has 3 heteroatoms. The third-order valence-corrected chi connectivity index (χ3v) is 3.57. The summed E-state index contributed by atoms with van der Waals surface area (Å²) in [5, 5.41) is 3.33. The highest BCUT2D eigenvalue weighted by molar-refractivity contribution is 9.10. The monoisotopic (exact) mass is 298 g/mol. The molecule has 0 bridgehead atoms. The summed E-state index contributed by atoms with van der Waals surface area (Å²) in [7, 11) is 4.19. The number of halogens is 1. The lowest BCUT2D eigenvalue weighted by Crippen LogP contribution is -2.46. The first kappa shape index (κ1) is 14.7. The zero-order chi connectivity index (χ0) is 12.9. The molecular weight excluding hydrogens is 276 g/mol. The van der Waals surface area contributed by atoms with Gasteiger partial charge in [0.15, 0.2) is 0 Å². The third-order valence-electron chi connectivity index (χ3n) is 3.04. The third kappa shape index (κ3) is 5.66. The zero-order valence-corrected chi connectivity index (χ0v) is 12.8. The Bertz CT molecular complexity index is 333. The van der Waals surface area contributed by atoms with Gasteiger partial charge in [-0.2, -0.15) is 0 Å². The van der Waals surface area contributed by atoms with E-state index in [1.54, 1.807) is 0 Å². The molecule has 1 N–H and O–H groups in total. The number of hydrogen-bond donors (Lipinski definition) is 1. The molecule has 0 atom stereocenters. The molecule has 1 aromatic rings. The van der Waals surface area contributed by atoms with Crippen molar-refractivity contribution in [1.29, 1.82) is 0 Å². The first-order valence-corrected chi connectivity index (χ1v) is 6.84. The first-order valence-electron chi connectivity index (χ1n) is 6.05. The van der Waals surface area contributed by atoms with Gasteiger partial charge in [-0.15, -0.1) is 0 Å². The van der Waals surface area contributed by atoms with Gasteiger partial charge in [-0.1, -0.05) is 28.1 Å². The Hall–Kier alpha value is -0.380. The molecule has 0 saturated heterocycles. The molecule has 0 fully saturated rings. The second kappa shape index (κ2) is 6.53. The van der Waals surface area contributed by atoms with E-state index in [1.807, 2.05) is 7.05 Å². The van der Waals surface area contributed by atoms with Crippen molar-refractivity contribution in [2.24, 2.45) is 0 Å². The van der Waals surface area contributed by atoms with E-state index in [9.17, 15) is 0 Å². The van der Waals surface area contributed by atoms with Crippen LogP contribution >= 0.6 is 15.9 Å². The van der Waals surface area contributed by atoms with Gasteiger partial charge in [0.2, 0.25) is 0 Å². The van der Waals surface area contributed by atoms with E-state index in [0.29, 0.717) is 0 Å². The van der Waals surface area contributed by atoms with Crippen molar-refractivity contribution in [3.8, 4) is 0 Å². The van der Waals surface area contributed by atoms with Crippen molar-refractivity contribution in [3.05, 3.63) is 34.3 Å². The van der Waals surface area contributed by atoms with Crippen molar-refractivity contribution in [2.45, 2.75) is 25.8 Å². The van der Waals surface area contributed by atoms with E-state index in [1.165, 1.54) is 5.56 Å². The van der Waals surface area contributed by atoms with Gasteiger partial charge >= 0.3 is 0 Å². The maximum Gasteiger partial charge on any atom is 0.0249 e. The second-order valence-electron chi connectivity index (χ2n) is 5.25. The minimum absolute atomic E-state index is 0.175. The number of likely N-dealkylation sites (N-methyl/N-ethyl adjacent to an activating group) is 2. The molecule has 2 nitrogen and oxygen atoms in total. The van der Waals surface area contributed by atoms with Crippen LogP contribution in [0.25, 0.3) is 0 Å². The van der Waals surface area contributed by atoms with Crippen molar-refractivity contribution < 1.29 is 0 Å². The fraction of sp³-hybridized carbons (Fsp3) is 0.571. The highest BCUT2D eigenvalue weighted by atomic mass is 79.9. The van der Waals surface area contributed by atoms with Crippen molar-refractivity contribution in [2.75, 3.05) is 27.2 Å². The minimum Gasteiger partial charge on any atom is -0.314 e. The molecule has 1 rings (SSSR count). The molecule has 0 heterocycles. The lowest BCUT2D eigenvalue weighted by molar-refractivity contribution is 0.246. The van der Waals surface area contributed by atoms with Crippen LogP contribution in [-0.4, -0.2) is 37.6 Å². The molecule has 1 aromatic carbocycles. The van der Waals surface area contributed by atoms with Crippen molar-refractivity contribution >= 4 is 15.9 Å². The lowest BCUT2D eigenvalue weighted by Gasteiger charge is -2.30. The first-order chi connectivity index (χ1) is 7.93. The molecule has 0 spiro atoms. The minimum atomic E-state index is 0.175. The largest absolute Gasteiger partial charge is 0.314 e. The Morgan fingerprint density at radius 2 is 1.82 bits per heavy atom. The molecule has 0 amide bonds. The maximum absolute atomic E-state index is 3.46. The molecule has 0 aliphatic rings. The summed E-state index contributed by atoms with van der Waals surface area (Å²) < 4.78 is 1.14. The lowest BCUT2D eigenvalue weighted by atomic mass is 10.1. The molecule has 0 saturated carbocycles. The SMILES string of the molecule is CNC(C)(C)CN(C)CCc1ccc(Br)cc1. The molecule has 0 radical (unpaired) electrons. The predicted octanol–water partition coefficient (Wildman–Crippen LogP) is 2.92. The van der Waals surface area contributed by atoms with Gasteiger partial charge < -0.3 is 10.2 Å². The molecule has 0 aliphatic carbocycles. The van der Waals surface area contributed by atoms with E-state index >= 15 is 0 Å². The van der Waals surface area contributed by atoms with Gasteiger partial charge in [0.05, 0.1) is 0 Å². The Balaban J connectivity index is 2.38. The van der Waals surface area contributed by atoms with Gasteiger partial charge in [0.1, 0.15) is 0 Å². The number of benzene rings is 1. The maximum atomic E-state index is 3.46. The average molecular weight is 299 g/mol. The summed E-state index contributed by atoms with van der Waals surface area (Å²) in [6, 6.07) is 8.57. The average Bonchev–Trinajstić information content (AvgIpc) is 2.28. The molecule has 0 aliphatic heterocycles. The number of nitrogens with one attached hydrogen (secondary N) is 1. The smallest absolute Gasteiger partial charge is 0.0249 e. The standard InChI is InChI=1S/C14H23BrN2/c1-14(2,16-3)11-17(4)10-9-12-5-7-13(15)8-6-12/h5-8,16H,9-11H2,1-4H3. The van der Waals surface area contributed by atoms with Crippen LogP contribution in [-0.2, 0) is 6.42 Å². The van der Waals surface area contributed by atoms with Crippen LogP contribution in [0, 0.1) is 0 Å². The van der Waals surface area contributed by atoms with E-state index in [0.717, 1.165) is 24.0 Å². The summed E-state index contributed by atoms with van der Waals surface area (Å²) in [6.45, 7) is 6.60. The van der Waals surface area contributed by atoms with Crippen LogP contribution in [0.15, 0.2) is 28.7 Å². The molecule has 96 valence electrons. The molecule has 0 aromatic heterocycles. The summed E-state index contributed by atoms with van der Waals surface area (Å²) in [5.41, 5.74) is 1.57. The number of hydrogen-bond acceptors (Lipinski definition) is 2. The topological polar surface area (TPSA) is 15.3 Å². The molecule has 17 heavy (non-hydrogen) atoms. The van der Waals surface area contributed by atoms with Crippen LogP contribution in [0.3, 0.4) is 0 Å². The fourth-order valence-electron chi connectivity index (χ4n) is 1.80. The van der Waals surface area contributed by atoms with Gasteiger partial charge in [0.25, 0.3) is 0 Å². The Labute approximate surface area is 114 Å². The molecular formula is C14H23BrN2. The summed E-state index contributed by atoms with van der Waals surface area (Å²) >= 11 is 3.46. The quantitative estimate of drug-likeness (QED) is 0.869. The van der Waals surface area contributed by atoms with E-state index in [-0.39, 0.29) is 5.54 Å². The number of nitrogens with zero attached hydrogens (tertiary/aromatic N) is 1. The normalized spacial score (nSPS) is 12.1. The Morgan fingerprint density at radius 3 is 2.35 bits per heavy atom. The van der Waals surface area contributed by atoms with Gasteiger partial charge in [-0.05, 0) is 52.1 Å². The van der Waals surface area contributed by atoms with Crippen LogP contribution in [0.1, 0.15) is 19.4 Å². The summed E-state index contributed by atoms with van der Waals surface area (Å²) in [6.07, 6.45) is 1.10. The zero-order valence-electron chi connectivity index (χ0n) is 11.3. The van der Waals surface area contributed by atoms with Crippen LogP contribution in [0.2, 0.25) is 0 Å². The van der Waals surface area contributed by atoms with Gasteiger partial charge in [-0.3, -0.25) is 0 Å². The fourth-order valence-corrected chi connectivity index (χ4v) is 2.07. The van der Waals surface area contributed by atoms with Gasteiger partial charge in [0, 0.05) is 23.1 Å². The van der Waals surface area contributed by atoms with E-state index in [4.69, 9.17) is 0 Å². The van der Waals surface area contributed by atoms with Crippen LogP contribution in [0.5, 0.6) is 0 Å². The van der Waals surface area contributed by atoms with Crippen molar-refractivity contribution in [1.82, 2.24) is 10.2 Å². The summed E-state index contributed by atoms with van der Waals surface area (Å²) in [4.78, 5) is 2.37. The predicted molar refractivity (Wildman–Crippen MR) is 78.5 cm³/mol. The number of rotatable bonds is 6. The Kier molecular flexibility index (Phi) is 5.63.